The molecule has 2 aromatic carbocycles. The van der Waals surface area contributed by atoms with Gasteiger partial charge in [-0.3, -0.25) is 14.4 Å². The van der Waals surface area contributed by atoms with E-state index in [4.69, 9.17) is 0 Å². The van der Waals surface area contributed by atoms with E-state index in [9.17, 15) is 32.7 Å². The quantitative estimate of drug-likeness (QED) is 0.395. The molecule has 3 atom stereocenters. The van der Waals surface area contributed by atoms with Gasteiger partial charge in [-0.1, -0.05) is 18.6 Å². The molecule has 2 fully saturated rings. The number of aryl methyl sites for hydroxylation is 1. The highest BCUT2D eigenvalue weighted by Crippen LogP contribution is 2.34. The van der Waals surface area contributed by atoms with Crippen LogP contribution >= 0.6 is 0 Å². The molecule has 212 valence electrons. The van der Waals surface area contributed by atoms with Gasteiger partial charge in [-0.2, -0.15) is 4.98 Å². The molecule has 40 heavy (non-hydrogen) atoms. The molecule has 1 saturated heterocycles. The van der Waals surface area contributed by atoms with Crippen molar-refractivity contribution in [2.75, 3.05) is 23.7 Å². The average molecular weight is 559 g/mol. The number of amides is 2. The molecule has 5 rings (SSSR count). The first-order valence-corrected chi connectivity index (χ1v) is 12.8. The van der Waals surface area contributed by atoms with Gasteiger partial charge in [0, 0.05) is 30.5 Å². The van der Waals surface area contributed by atoms with Gasteiger partial charge in [0.2, 0.25) is 5.91 Å². The summed E-state index contributed by atoms with van der Waals surface area (Å²) in [5.74, 6) is -3.99. The van der Waals surface area contributed by atoms with Gasteiger partial charge in [-0.05, 0) is 62.6 Å². The summed E-state index contributed by atoms with van der Waals surface area (Å²) >= 11 is 0. The van der Waals surface area contributed by atoms with Crippen molar-refractivity contribution in [3.05, 3.63) is 77.8 Å². The topological polar surface area (TPSA) is 125 Å². The molecule has 3 N–H and O–H groups in total. The number of aromatic nitrogens is 1. The summed E-state index contributed by atoms with van der Waals surface area (Å²) in [5.41, 5.74) is 1.25. The Morgan fingerprint density at radius 1 is 0.950 bits per heavy atom. The lowest BCUT2D eigenvalue weighted by atomic mass is 9.95. The number of carbonyl (C=O) groups excluding carboxylic acids is 2. The van der Waals surface area contributed by atoms with Gasteiger partial charge in [-0.25, -0.2) is 8.78 Å². The van der Waals surface area contributed by atoms with Gasteiger partial charge in [-0.15, -0.1) is 4.39 Å². The Labute approximate surface area is 228 Å². The third kappa shape index (κ3) is 6.99. The lowest BCUT2D eigenvalue weighted by Gasteiger charge is -2.23. The number of hydrogen-bond acceptors (Lipinski definition) is 6. The first-order chi connectivity index (χ1) is 19.1. The molecule has 2 aliphatic rings. The summed E-state index contributed by atoms with van der Waals surface area (Å²) < 4.78 is 41.6. The Balaban J connectivity index is 0.000000398. The van der Waals surface area contributed by atoms with Crippen molar-refractivity contribution < 1.29 is 37.1 Å². The largest absolute Gasteiger partial charge is 0.481 e. The minimum absolute atomic E-state index is 0.0585. The number of halogens is 3. The van der Waals surface area contributed by atoms with Gasteiger partial charge in [0.25, 0.3) is 5.91 Å². The van der Waals surface area contributed by atoms with Crippen LogP contribution < -0.4 is 10.6 Å². The second kappa shape index (κ2) is 12.7. The van der Waals surface area contributed by atoms with Gasteiger partial charge in [0.05, 0.1) is 11.8 Å². The normalized spacial score (nSPS) is 20.0. The van der Waals surface area contributed by atoms with E-state index in [-0.39, 0.29) is 23.4 Å². The summed E-state index contributed by atoms with van der Waals surface area (Å²) in [6.45, 7) is 2.58. The number of oxazole rings is 1. The van der Waals surface area contributed by atoms with Gasteiger partial charge >= 0.3 is 12.1 Å². The molecule has 1 aromatic heterocycles. The van der Waals surface area contributed by atoms with Gasteiger partial charge in [0.1, 0.15) is 5.76 Å². The standard InChI is InChI=1S/C22H25FN4O5.C6H4F2/c1-12-18(26-22(23)32-12)19(28)25-14-7-5-13(6-8-14)24-15-9-10-27(11-15)20(29)16-3-2-4-17(16)21(30)31;7-5-3-1-2-4-6(5)8/h5-8,15-17,24H,2-4,9-11H2,1H3,(H,25,28)(H,30,31);1-4H. The molecule has 9 nitrogen and oxygen atoms in total. The number of carboxylic acid groups (broad SMARTS) is 1. The van der Waals surface area contributed by atoms with Crippen molar-refractivity contribution in [1.82, 2.24) is 9.88 Å². The monoisotopic (exact) mass is 558 g/mol. The molecule has 0 radical (unpaired) electrons. The summed E-state index contributed by atoms with van der Waals surface area (Å²) in [7, 11) is 0. The maximum atomic E-state index is 13.0. The van der Waals surface area contributed by atoms with Crippen LogP contribution in [0.5, 0.6) is 0 Å². The maximum absolute atomic E-state index is 13.0. The number of hydrogen-bond donors (Lipinski definition) is 3. The van der Waals surface area contributed by atoms with E-state index in [1.54, 1.807) is 29.2 Å². The van der Waals surface area contributed by atoms with Crippen molar-refractivity contribution in [3.8, 4) is 0 Å². The zero-order valence-corrected chi connectivity index (χ0v) is 21.7. The molecule has 3 unspecified atom stereocenters. The van der Waals surface area contributed by atoms with Crippen LogP contribution in [0.1, 0.15) is 41.9 Å². The lowest BCUT2D eigenvalue weighted by Crippen LogP contribution is -2.39. The maximum Gasteiger partial charge on any atom is 0.382 e. The third-order valence-electron chi connectivity index (χ3n) is 6.97. The van der Waals surface area contributed by atoms with E-state index in [1.807, 2.05) is 0 Å². The minimum atomic E-state index is -1.05. The van der Waals surface area contributed by atoms with Gasteiger partial charge < -0.3 is 25.1 Å². The number of rotatable bonds is 6. The van der Waals surface area contributed by atoms with Crippen LogP contribution in [0.15, 0.2) is 52.9 Å². The Morgan fingerprint density at radius 2 is 1.57 bits per heavy atom. The molecule has 3 aromatic rings. The summed E-state index contributed by atoms with van der Waals surface area (Å²) in [4.78, 5) is 41.6. The Hall–Kier alpha value is -4.35. The van der Waals surface area contributed by atoms with Crippen LogP contribution in [0.25, 0.3) is 0 Å². The number of likely N-dealkylation sites (tertiary alicyclic amines) is 1. The zero-order valence-electron chi connectivity index (χ0n) is 21.7. The molecule has 1 aliphatic heterocycles. The van der Waals surface area contributed by atoms with E-state index in [2.05, 4.69) is 20.0 Å². The van der Waals surface area contributed by atoms with Crippen molar-refractivity contribution in [2.24, 2.45) is 11.8 Å². The van der Waals surface area contributed by atoms with Crippen molar-refractivity contribution in [3.63, 3.8) is 0 Å². The highest BCUT2D eigenvalue weighted by Gasteiger charge is 2.41. The Bertz CT molecular complexity index is 1340. The highest BCUT2D eigenvalue weighted by molar-refractivity contribution is 6.03. The van der Waals surface area contributed by atoms with Crippen molar-refractivity contribution in [1.29, 1.82) is 0 Å². The highest BCUT2D eigenvalue weighted by atomic mass is 19.2. The van der Waals surface area contributed by atoms with E-state index >= 15 is 0 Å². The molecule has 2 amide bonds. The minimum Gasteiger partial charge on any atom is -0.481 e. The molecule has 0 spiro atoms. The van der Waals surface area contributed by atoms with Crippen LogP contribution in [0.4, 0.5) is 24.5 Å². The SMILES string of the molecule is Cc1oc(F)nc1C(=O)Nc1ccc(NC2CCN(C(=O)C3CCCC3C(=O)O)C2)cc1.Fc1ccccc1F. The number of carbonyl (C=O) groups is 3. The number of anilines is 2. The molecule has 1 saturated carbocycles. The van der Waals surface area contributed by atoms with Crippen LogP contribution in [0.2, 0.25) is 0 Å². The fourth-order valence-corrected chi connectivity index (χ4v) is 4.95. The molecule has 12 heteroatoms. The number of nitrogens with zero attached hydrogens (tertiary/aromatic N) is 2. The lowest BCUT2D eigenvalue weighted by molar-refractivity contribution is -0.148. The Kier molecular flexibility index (Phi) is 9.08. The van der Waals surface area contributed by atoms with Crippen LogP contribution in [-0.2, 0) is 9.59 Å². The van der Waals surface area contributed by atoms with E-state index in [1.165, 1.54) is 19.1 Å². The number of aliphatic carboxylic acids is 1. The zero-order chi connectivity index (χ0) is 28.8. The Morgan fingerprint density at radius 3 is 2.15 bits per heavy atom. The van der Waals surface area contributed by atoms with Gasteiger partial charge in [0.15, 0.2) is 17.3 Å². The average Bonchev–Trinajstić information content (AvgIpc) is 3.67. The number of nitrogens with one attached hydrogen (secondary N) is 2. The van der Waals surface area contributed by atoms with Crippen LogP contribution in [-0.4, -0.2) is 51.9 Å². The first-order valence-electron chi connectivity index (χ1n) is 12.8. The molecular formula is C28H29F3N4O5. The van der Waals surface area contributed by atoms with E-state index in [0.717, 1.165) is 30.7 Å². The molecular weight excluding hydrogens is 529 g/mol. The fraction of sp³-hybridized carbons (Fsp3) is 0.357. The second-order valence-corrected chi connectivity index (χ2v) is 9.71. The van der Waals surface area contributed by atoms with Crippen LogP contribution in [0, 0.1) is 36.5 Å². The predicted octanol–water partition coefficient (Wildman–Crippen LogP) is 4.85. The first kappa shape index (κ1) is 28.7. The fourth-order valence-electron chi connectivity index (χ4n) is 4.95. The summed E-state index contributed by atoms with van der Waals surface area (Å²) in [6, 6.07) is 12.1. The van der Waals surface area contributed by atoms with Crippen LogP contribution in [0.3, 0.4) is 0 Å². The smallest absolute Gasteiger partial charge is 0.382 e. The number of benzene rings is 2. The van der Waals surface area contributed by atoms with E-state index in [0.29, 0.717) is 31.6 Å². The van der Waals surface area contributed by atoms with Crippen molar-refractivity contribution >= 4 is 29.2 Å². The molecule has 2 heterocycles. The van der Waals surface area contributed by atoms with Crippen molar-refractivity contribution in [2.45, 2.75) is 38.6 Å². The van der Waals surface area contributed by atoms with E-state index < -0.39 is 41.5 Å². The molecule has 0 bridgehead atoms. The number of carboxylic acids is 1. The summed E-state index contributed by atoms with van der Waals surface area (Å²) in [6.07, 6.45) is 1.69. The predicted molar refractivity (Wildman–Crippen MR) is 139 cm³/mol. The summed E-state index contributed by atoms with van der Waals surface area (Å²) in [5, 5.41) is 15.4. The molecule has 1 aliphatic carbocycles. The second-order valence-electron chi connectivity index (χ2n) is 9.71. The third-order valence-corrected chi connectivity index (χ3v) is 6.97.